The number of benzene rings is 1. The van der Waals surface area contributed by atoms with Crippen molar-refractivity contribution in [2.24, 2.45) is 11.8 Å². The van der Waals surface area contributed by atoms with Gasteiger partial charge in [-0.1, -0.05) is 48.9 Å². The first-order valence-electron chi connectivity index (χ1n) is 8.97. The highest BCUT2D eigenvalue weighted by molar-refractivity contribution is 7.17. The molecule has 5 nitrogen and oxygen atoms in total. The van der Waals surface area contributed by atoms with Gasteiger partial charge >= 0.3 is 0 Å². The molecule has 0 unspecified atom stereocenters. The van der Waals surface area contributed by atoms with Crippen LogP contribution in [0.15, 0.2) is 24.3 Å². The van der Waals surface area contributed by atoms with Crippen molar-refractivity contribution in [2.45, 2.75) is 33.2 Å². The average molecular weight is 391 g/mol. The molecule has 138 valence electrons. The summed E-state index contributed by atoms with van der Waals surface area (Å²) >= 11 is 7.79. The number of aryl methyl sites for hydroxylation is 1. The maximum Gasteiger partial charge on any atom is 0.230 e. The molecule has 0 saturated carbocycles. The summed E-state index contributed by atoms with van der Waals surface area (Å²) in [6.07, 6.45) is 1.24. The Kier molecular flexibility index (Phi) is 4.67. The van der Waals surface area contributed by atoms with E-state index in [2.05, 4.69) is 34.9 Å². The Morgan fingerprint density at radius 2 is 2.00 bits per heavy atom. The molecule has 0 radical (unpaired) electrons. The second-order valence-electron chi connectivity index (χ2n) is 7.50. The maximum atomic E-state index is 10.9. The second kappa shape index (κ2) is 6.83. The molecule has 1 aromatic carbocycles. The lowest BCUT2D eigenvalue weighted by atomic mass is 9.89. The Labute approximate surface area is 162 Å². The van der Waals surface area contributed by atoms with Gasteiger partial charge in [0.25, 0.3) is 0 Å². The highest BCUT2D eigenvalue weighted by atomic mass is 35.5. The number of hydrogen-bond acceptors (Lipinski definition) is 5. The second-order valence-corrected chi connectivity index (χ2v) is 8.95. The van der Waals surface area contributed by atoms with Crippen molar-refractivity contribution >= 4 is 27.9 Å². The first-order valence-corrected chi connectivity index (χ1v) is 10.2. The molecular weight excluding hydrogens is 368 g/mol. The molecule has 7 heteroatoms. The standard InChI is InChI=1S/C19H23ClN4OS/c1-11-7-12(2)10-23(9-11)16(14-5-4-6-15(20)8-14)17-18(25)24-19(26-17)21-13(3)22-24/h4-6,8,11-12,16,25H,7,9-10H2,1-3H3/t11-,12+,16-/m0/s1. The number of hydrogen-bond donors (Lipinski definition) is 1. The van der Waals surface area contributed by atoms with Gasteiger partial charge in [-0.05, 0) is 42.9 Å². The fraction of sp³-hybridized carbons (Fsp3) is 0.474. The fourth-order valence-electron chi connectivity index (χ4n) is 4.15. The van der Waals surface area contributed by atoms with Crippen LogP contribution in [0.4, 0.5) is 0 Å². The quantitative estimate of drug-likeness (QED) is 0.714. The predicted molar refractivity (Wildman–Crippen MR) is 105 cm³/mol. The molecule has 0 bridgehead atoms. The van der Waals surface area contributed by atoms with E-state index in [1.165, 1.54) is 17.8 Å². The summed E-state index contributed by atoms with van der Waals surface area (Å²) in [4.78, 5) is 8.49. The van der Waals surface area contributed by atoms with E-state index in [1.54, 1.807) is 4.52 Å². The third kappa shape index (κ3) is 3.21. The van der Waals surface area contributed by atoms with Crippen molar-refractivity contribution in [3.63, 3.8) is 0 Å². The molecule has 0 aliphatic carbocycles. The first-order chi connectivity index (χ1) is 12.4. The van der Waals surface area contributed by atoms with E-state index in [-0.39, 0.29) is 11.9 Å². The zero-order valence-corrected chi connectivity index (χ0v) is 16.8. The smallest absolute Gasteiger partial charge is 0.230 e. The fourth-order valence-corrected chi connectivity index (χ4v) is 5.51. The Morgan fingerprint density at radius 1 is 1.27 bits per heavy atom. The van der Waals surface area contributed by atoms with Gasteiger partial charge in [-0.25, -0.2) is 4.98 Å². The molecule has 0 amide bonds. The zero-order valence-electron chi connectivity index (χ0n) is 15.2. The summed E-state index contributed by atoms with van der Waals surface area (Å²) in [5.41, 5.74) is 1.09. The number of piperidine rings is 1. The molecule has 1 aliphatic rings. The molecule has 26 heavy (non-hydrogen) atoms. The normalized spacial score (nSPS) is 22.8. The molecule has 3 heterocycles. The van der Waals surface area contributed by atoms with E-state index in [4.69, 9.17) is 11.6 Å². The first kappa shape index (κ1) is 17.8. The summed E-state index contributed by atoms with van der Waals surface area (Å²) in [6.45, 7) is 8.41. The minimum atomic E-state index is -0.0484. The molecule has 1 saturated heterocycles. The van der Waals surface area contributed by atoms with Gasteiger partial charge in [-0.3, -0.25) is 4.90 Å². The Balaban J connectivity index is 1.84. The number of aromatic nitrogens is 3. The van der Waals surface area contributed by atoms with E-state index in [0.717, 1.165) is 28.5 Å². The van der Waals surface area contributed by atoms with Gasteiger partial charge in [0.15, 0.2) is 0 Å². The number of aromatic hydroxyl groups is 1. The molecular formula is C19H23ClN4OS. The van der Waals surface area contributed by atoms with Crippen LogP contribution in [0, 0.1) is 18.8 Å². The van der Waals surface area contributed by atoms with Crippen molar-refractivity contribution in [1.82, 2.24) is 19.5 Å². The number of thiazole rings is 1. The molecule has 3 aromatic rings. The summed E-state index contributed by atoms with van der Waals surface area (Å²) < 4.78 is 1.55. The molecule has 1 N–H and O–H groups in total. The van der Waals surface area contributed by atoms with E-state index in [1.807, 2.05) is 25.1 Å². The van der Waals surface area contributed by atoms with Gasteiger partial charge in [-0.15, -0.1) is 5.10 Å². The van der Waals surface area contributed by atoms with Crippen LogP contribution in [0.25, 0.3) is 4.96 Å². The lowest BCUT2D eigenvalue weighted by molar-refractivity contribution is 0.112. The van der Waals surface area contributed by atoms with Crippen LogP contribution in [-0.2, 0) is 0 Å². The number of rotatable bonds is 3. The topological polar surface area (TPSA) is 53.7 Å². The molecule has 4 rings (SSSR count). The van der Waals surface area contributed by atoms with Crippen LogP contribution >= 0.6 is 22.9 Å². The molecule has 1 fully saturated rings. The van der Waals surface area contributed by atoms with Crippen LogP contribution < -0.4 is 0 Å². The van der Waals surface area contributed by atoms with Crippen molar-refractivity contribution < 1.29 is 5.11 Å². The minimum Gasteiger partial charge on any atom is -0.492 e. The van der Waals surface area contributed by atoms with Gasteiger partial charge in [0.2, 0.25) is 10.8 Å². The number of likely N-dealkylation sites (tertiary alicyclic amines) is 1. The lowest BCUT2D eigenvalue weighted by Crippen LogP contribution is -2.41. The van der Waals surface area contributed by atoms with Crippen molar-refractivity contribution in [2.75, 3.05) is 13.1 Å². The van der Waals surface area contributed by atoms with Gasteiger partial charge in [-0.2, -0.15) is 4.52 Å². The number of nitrogens with zero attached hydrogens (tertiary/aromatic N) is 4. The largest absolute Gasteiger partial charge is 0.492 e. The van der Waals surface area contributed by atoms with Crippen molar-refractivity contribution in [3.8, 4) is 5.88 Å². The van der Waals surface area contributed by atoms with Crippen molar-refractivity contribution in [1.29, 1.82) is 0 Å². The Hall–Kier alpha value is -1.63. The van der Waals surface area contributed by atoms with Crippen LogP contribution in [0.3, 0.4) is 0 Å². The summed E-state index contributed by atoms with van der Waals surface area (Å²) in [5, 5.41) is 15.9. The summed E-state index contributed by atoms with van der Waals surface area (Å²) in [7, 11) is 0. The monoisotopic (exact) mass is 390 g/mol. The van der Waals surface area contributed by atoms with E-state index < -0.39 is 0 Å². The predicted octanol–water partition coefficient (Wildman–Crippen LogP) is 4.53. The van der Waals surface area contributed by atoms with Crippen LogP contribution in [0.1, 0.15) is 42.6 Å². The zero-order chi connectivity index (χ0) is 18.4. The van der Waals surface area contributed by atoms with Gasteiger partial charge in [0.1, 0.15) is 5.82 Å². The Bertz CT molecular complexity index is 927. The van der Waals surface area contributed by atoms with Gasteiger partial charge in [0.05, 0.1) is 10.9 Å². The van der Waals surface area contributed by atoms with Gasteiger partial charge < -0.3 is 5.11 Å². The van der Waals surface area contributed by atoms with E-state index in [0.29, 0.717) is 22.7 Å². The molecule has 2 aromatic heterocycles. The van der Waals surface area contributed by atoms with E-state index in [9.17, 15) is 5.11 Å². The highest BCUT2D eigenvalue weighted by Crippen LogP contribution is 2.42. The Morgan fingerprint density at radius 3 is 2.65 bits per heavy atom. The third-order valence-corrected chi connectivity index (χ3v) is 6.29. The minimum absolute atomic E-state index is 0.0484. The summed E-state index contributed by atoms with van der Waals surface area (Å²) in [5.74, 6) is 2.08. The molecule has 3 atom stereocenters. The van der Waals surface area contributed by atoms with Crippen LogP contribution in [0.2, 0.25) is 5.02 Å². The number of fused-ring (bicyclic) bond motifs is 1. The summed E-state index contributed by atoms with van der Waals surface area (Å²) in [6, 6.07) is 7.89. The lowest BCUT2D eigenvalue weighted by Gasteiger charge is -2.40. The highest BCUT2D eigenvalue weighted by Gasteiger charge is 2.33. The van der Waals surface area contributed by atoms with Gasteiger partial charge in [0, 0.05) is 18.1 Å². The average Bonchev–Trinajstić information content (AvgIpc) is 3.05. The van der Waals surface area contributed by atoms with Crippen molar-refractivity contribution in [3.05, 3.63) is 45.6 Å². The van der Waals surface area contributed by atoms with E-state index >= 15 is 0 Å². The SMILES string of the molecule is Cc1nc2sc([C@H](c3cccc(Cl)c3)N3C[C@H](C)C[C@H](C)C3)c(O)n2n1. The molecule has 1 aliphatic heterocycles. The maximum absolute atomic E-state index is 10.9. The number of halogens is 1. The third-order valence-electron chi connectivity index (χ3n) is 4.98. The van der Waals surface area contributed by atoms with Crippen LogP contribution in [-0.4, -0.2) is 37.7 Å². The molecule has 0 spiro atoms. The van der Waals surface area contributed by atoms with Crippen LogP contribution in [0.5, 0.6) is 5.88 Å².